The number of phenolic OH excluding ortho intramolecular Hbond substituents is 1. The number of hydrogen-bond acceptors (Lipinski definition) is 3. The van der Waals surface area contributed by atoms with E-state index < -0.39 is 0 Å². The monoisotopic (exact) mass is 421 g/mol. The van der Waals surface area contributed by atoms with E-state index in [1.807, 2.05) is 37.3 Å². The third kappa shape index (κ3) is 3.64. The maximum Gasteiger partial charge on any atom is 0.256 e. The number of aromatic hydroxyl groups is 1. The number of amides is 1. The Hall–Kier alpha value is -1.82. The van der Waals surface area contributed by atoms with Gasteiger partial charge in [0.25, 0.3) is 5.91 Å². The molecule has 0 bridgehead atoms. The molecule has 0 saturated carbocycles. The Balaban J connectivity index is 1.83. The summed E-state index contributed by atoms with van der Waals surface area (Å²) < 4.78 is 0.546. The quantitative estimate of drug-likeness (QED) is 0.501. The number of halogens is 2. The molecule has 1 amide bonds. The van der Waals surface area contributed by atoms with E-state index in [4.69, 9.17) is 11.6 Å². The highest BCUT2D eigenvalue weighted by molar-refractivity contribution is 9.10. The minimum atomic E-state index is -0.265. The van der Waals surface area contributed by atoms with Crippen LogP contribution in [0.5, 0.6) is 5.75 Å². The second-order valence-corrected chi connectivity index (χ2v) is 7.51. The summed E-state index contributed by atoms with van der Waals surface area (Å²) in [4.78, 5) is 13.4. The molecule has 0 spiro atoms. The van der Waals surface area contributed by atoms with Gasteiger partial charge in [0.15, 0.2) is 5.75 Å². The second kappa shape index (κ2) is 6.97. The first kappa shape index (κ1) is 17.0. The minimum absolute atomic E-state index is 0.0158. The average Bonchev–Trinajstić information content (AvgIpc) is 3.03. The van der Waals surface area contributed by atoms with Gasteiger partial charge in [0.2, 0.25) is 0 Å². The van der Waals surface area contributed by atoms with Gasteiger partial charge in [-0.2, -0.15) is 0 Å². The molecule has 1 heterocycles. The van der Waals surface area contributed by atoms with Crippen molar-refractivity contribution < 1.29 is 9.90 Å². The van der Waals surface area contributed by atoms with Crippen LogP contribution < -0.4 is 5.32 Å². The highest BCUT2D eigenvalue weighted by atomic mass is 79.9. The summed E-state index contributed by atoms with van der Waals surface area (Å²) >= 11 is 10.7. The van der Waals surface area contributed by atoms with E-state index in [-0.39, 0.29) is 11.7 Å². The molecule has 3 nitrogen and oxygen atoms in total. The van der Waals surface area contributed by atoms with Crippen LogP contribution in [0.2, 0.25) is 5.02 Å². The fraction of sp³-hybridized carbons (Fsp3) is 0.0556. The summed E-state index contributed by atoms with van der Waals surface area (Å²) in [5.74, 6) is -0.249. The Morgan fingerprint density at radius 3 is 2.62 bits per heavy atom. The fourth-order valence-electron chi connectivity index (χ4n) is 2.25. The van der Waals surface area contributed by atoms with Crippen molar-refractivity contribution in [1.29, 1.82) is 0 Å². The van der Waals surface area contributed by atoms with Gasteiger partial charge in [-0.15, -0.1) is 11.3 Å². The van der Waals surface area contributed by atoms with Crippen LogP contribution >= 0.6 is 38.9 Å². The van der Waals surface area contributed by atoms with Crippen molar-refractivity contribution in [2.75, 3.05) is 5.32 Å². The summed E-state index contributed by atoms with van der Waals surface area (Å²) in [5, 5.41) is 15.3. The van der Waals surface area contributed by atoms with E-state index in [1.54, 1.807) is 17.5 Å². The zero-order chi connectivity index (χ0) is 17.3. The Labute approximate surface area is 157 Å². The third-order valence-corrected chi connectivity index (χ3v) is 5.28. The summed E-state index contributed by atoms with van der Waals surface area (Å²) in [7, 11) is 0. The lowest BCUT2D eigenvalue weighted by Gasteiger charge is -2.09. The number of anilines is 1. The zero-order valence-corrected chi connectivity index (χ0v) is 15.8. The summed E-state index contributed by atoms with van der Waals surface area (Å²) in [5.41, 5.74) is 2.86. The molecule has 2 aromatic carbocycles. The van der Waals surface area contributed by atoms with Gasteiger partial charge in [0.05, 0.1) is 15.7 Å². The third-order valence-electron chi connectivity index (χ3n) is 3.45. The van der Waals surface area contributed by atoms with E-state index in [9.17, 15) is 9.90 Å². The van der Waals surface area contributed by atoms with Gasteiger partial charge in [-0.05, 0) is 64.3 Å². The van der Waals surface area contributed by atoms with Crippen LogP contribution in [-0.4, -0.2) is 11.0 Å². The predicted octanol–water partition coefficient (Wildman–Crippen LogP) is 6.10. The maximum atomic E-state index is 12.4. The average molecular weight is 423 g/mol. The first-order chi connectivity index (χ1) is 11.4. The van der Waals surface area contributed by atoms with Crippen LogP contribution in [0.15, 0.2) is 52.3 Å². The topological polar surface area (TPSA) is 49.3 Å². The molecular weight excluding hydrogens is 410 g/mol. The summed E-state index contributed by atoms with van der Waals surface area (Å²) in [6.07, 6.45) is 0. The number of rotatable bonds is 3. The summed E-state index contributed by atoms with van der Waals surface area (Å²) in [6, 6.07) is 12.8. The molecule has 0 aliphatic carbocycles. The molecule has 0 aliphatic rings. The molecule has 1 aromatic heterocycles. The standard InChI is InChI=1S/C18H13BrClNO2S/c1-10-6-14(19)17(22)15(7-10)21-18(23)12-8-16(24-9-12)11-2-4-13(20)5-3-11/h2-9,22H,1H3,(H,21,23). The molecule has 0 aliphatic heterocycles. The van der Waals surface area contributed by atoms with Crippen molar-refractivity contribution in [3.8, 4) is 16.2 Å². The molecule has 3 rings (SSSR count). The zero-order valence-electron chi connectivity index (χ0n) is 12.6. The smallest absolute Gasteiger partial charge is 0.256 e. The number of benzene rings is 2. The Morgan fingerprint density at radius 1 is 1.21 bits per heavy atom. The number of hydrogen-bond donors (Lipinski definition) is 2. The van der Waals surface area contributed by atoms with Crippen molar-refractivity contribution >= 4 is 50.5 Å². The van der Waals surface area contributed by atoms with Crippen LogP contribution in [-0.2, 0) is 0 Å². The molecular formula is C18H13BrClNO2S. The van der Waals surface area contributed by atoms with Gasteiger partial charge >= 0.3 is 0 Å². The molecule has 24 heavy (non-hydrogen) atoms. The van der Waals surface area contributed by atoms with Crippen LogP contribution in [0.1, 0.15) is 15.9 Å². The molecule has 2 N–H and O–H groups in total. The van der Waals surface area contributed by atoms with E-state index in [2.05, 4.69) is 21.2 Å². The largest absolute Gasteiger partial charge is 0.505 e. The summed E-state index contributed by atoms with van der Waals surface area (Å²) in [6.45, 7) is 1.89. The highest BCUT2D eigenvalue weighted by Gasteiger charge is 2.14. The molecule has 0 radical (unpaired) electrons. The second-order valence-electron chi connectivity index (χ2n) is 5.30. The van der Waals surface area contributed by atoms with Crippen molar-refractivity contribution in [2.24, 2.45) is 0 Å². The molecule has 0 fully saturated rings. The van der Waals surface area contributed by atoms with Crippen molar-refractivity contribution in [1.82, 2.24) is 0 Å². The SMILES string of the molecule is Cc1cc(Br)c(O)c(NC(=O)c2csc(-c3ccc(Cl)cc3)c2)c1. The number of aryl methyl sites for hydroxylation is 1. The molecule has 6 heteroatoms. The number of carbonyl (C=O) groups excluding carboxylic acids is 1. The van der Waals surface area contributed by atoms with Crippen molar-refractivity contribution in [3.63, 3.8) is 0 Å². The maximum absolute atomic E-state index is 12.4. The van der Waals surface area contributed by atoms with Crippen LogP contribution in [0, 0.1) is 6.92 Å². The van der Waals surface area contributed by atoms with Gasteiger partial charge < -0.3 is 10.4 Å². The van der Waals surface area contributed by atoms with Gasteiger partial charge in [0, 0.05) is 15.3 Å². The van der Waals surface area contributed by atoms with Crippen molar-refractivity contribution in [3.05, 3.63) is 68.5 Å². The van der Waals surface area contributed by atoms with Gasteiger partial charge in [0.1, 0.15) is 0 Å². The Bertz CT molecular complexity index is 906. The predicted molar refractivity (Wildman–Crippen MR) is 103 cm³/mol. The number of nitrogens with one attached hydrogen (secondary N) is 1. The van der Waals surface area contributed by atoms with Crippen molar-refractivity contribution in [2.45, 2.75) is 6.92 Å². The highest BCUT2D eigenvalue weighted by Crippen LogP contribution is 2.34. The van der Waals surface area contributed by atoms with Gasteiger partial charge in [-0.3, -0.25) is 4.79 Å². The number of carbonyl (C=O) groups is 1. The van der Waals surface area contributed by atoms with Crippen LogP contribution in [0.25, 0.3) is 10.4 Å². The first-order valence-electron chi connectivity index (χ1n) is 7.09. The first-order valence-corrected chi connectivity index (χ1v) is 9.14. The lowest BCUT2D eigenvalue weighted by atomic mass is 10.1. The van der Waals surface area contributed by atoms with Gasteiger partial charge in [-0.25, -0.2) is 0 Å². The molecule has 0 saturated heterocycles. The number of thiophene rings is 1. The fourth-order valence-corrected chi connectivity index (χ4v) is 3.84. The Kier molecular flexibility index (Phi) is 4.94. The molecule has 0 unspecified atom stereocenters. The van der Waals surface area contributed by atoms with E-state index in [0.717, 1.165) is 16.0 Å². The van der Waals surface area contributed by atoms with Gasteiger partial charge in [-0.1, -0.05) is 23.7 Å². The van der Waals surface area contributed by atoms with E-state index in [0.29, 0.717) is 20.7 Å². The van der Waals surface area contributed by atoms with E-state index in [1.165, 1.54) is 11.3 Å². The lowest BCUT2D eigenvalue weighted by molar-refractivity contribution is 0.102. The lowest BCUT2D eigenvalue weighted by Crippen LogP contribution is -2.11. The van der Waals surface area contributed by atoms with Crippen LogP contribution in [0.4, 0.5) is 5.69 Å². The molecule has 3 aromatic rings. The minimum Gasteiger partial charge on any atom is -0.505 e. The molecule has 0 atom stereocenters. The van der Waals surface area contributed by atoms with Crippen LogP contribution in [0.3, 0.4) is 0 Å². The normalized spacial score (nSPS) is 10.6. The Morgan fingerprint density at radius 2 is 1.92 bits per heavy atom. The van der Waals surface area contributed by atoms with E-state index >= 15 is 0 Å². The number of phenols is 1. The molecule has 122 valence electrons.